The van der Waals surface area contributed by atoms with Crippen LogP contribution in [0.4, 0.5) is 0 Å². The molecular weight excluding hydrogens is 550 g/mol. The van der Waals surface area contributed by atoms with Gasteiger partial charge in [-0.05, 0) is 12.8 Å². The van der Waals surface area contributed by atoms with Gasteiger partial charge in [-0.1, -0.05) is 117 Å². The molecule has 2 amide bonds. The van der Waals surface area contributed by atoms with E-state index < -0.39 is 11.9 Å². The van der Waals surface area contributed by atoms with Gasteiger partial charge in [-0.15, -0.1) is 0 Å². The maximum atomic E-state index is 11.3. The van der Waals surface area contributed by atoms with Gasteiger partial charge in [0.25, 0.3) is 0 Å². The van der Waals surface area contributed by atoms with Crippen LogP contribution in [-0.4, -0.2) is 36.8 Å². The number of nitrogens with one attached hydrogen (secondary N) is 2. The van der Waals surface area contributed by atoms with Crippen molar-refractivity contribution in [1.82, 2.24) is 10.6 Å². The van der Waals surface area contributed by atoms with Crippen LogP contribution in [0, 0.1) is 0 Å². The molecule has 39 heavy (non-hydrogen) atoms. The van der Waals surface area contributed by atoms with Crippen LogP contribution in [0.25, 0.3) is 0 Å². The first kappa shape index (κ1) is 42.0. The Morgan fingerprint density at radius 3 is 0.949 bits per heavy atom. The standard InChI is InChI=1S/2C15H29NO3.Zn/c2*1-2-3-4-5-6-7-8-9-10-11-14(17)16-13-12-15(18)19;/h2*2-13H2,1H3,(H,16,17)(H,18,19);/q;;+2/p-2. The minimum absolute atomic E-state index is 0. The second-order valence-corrected chi connectivity index (χ2v) is 10.1. The Morgan fingerprint density at radius 2 is 0.692 bits per heavy atom. The monoisotopic (exact) mass is 604 g/mol. The van der Waals surface area contributed by atoms with E-state index in [1.54, 1.807) is 0 Å². The van der Waals surface area contributed by atoms with E-state index in [1.807, 2.05) is 0 Å². The smallest absolute Gasteiger partial charge is 0.550 e. The number of hydrogen-bond acceptors (Lipinski definition) is 6. The van der Waals surface area contributed by atoms with Gasteiger partial charge >= 0.3 is 19.5 Å². The van der Waals surface area contributed by atoms with E-state index in [0.29, 0.717) is 12.8 Å². The van der Waals surface area contributed by atoms with Crippen molar-refractivity contribution in [2.45, 2.75) is 155 Å². The van der Waals surface area contributed by atoms with Gasteiger partial charge < -0.3 is 30.4 Å². The molecule has 0 aromatic rings. The molecule has 0 atom stereocenters. The van der Waals surface area contributed by atoms with E-state index in [1.165, 1.54) is 89.9 Å². The fraction of sp³-hybridized carbons (Fsp3) is 0.867. The third-order valence-corrected chi connectivity index (χ3v) is 6.32. The molecule has 0 aromatic heterocycles. The molecule has 0 rings (SSSR count). The van der Waals surface area contributed by atoms with Crippen molar-refractivity contribution >= 4 is 23.8 Å². The van der Waals surface area contributed by atoms with Gasteiger partial charge in [0.2, 0.25) is 11.8 Å². The number of carboxylic acids is 2. The fourth-order valence-electron chi connectivity index (χ4n) is 3.98. The Kier molecular flexibility index (Phi) is 37.2. The Bertz CT molecular complexity index is 540. The average Bonchev–Trinajstić information content (AvgIpc) is 2.86. The minimum atomic E-state index is -1.12. The summed E-state index contributed by atoms with van der Waals surface area (Å²) in [6, 6.07) is 0. The molecule has 0 unspecified atom stereocenters. The fourth-order valence-corrected chi connectivity index (χ4v) is 3.98. The molecule has 0 aromatic carbocycles. The van der Waals surface area contributed by atoms with Crippen molar-refractivity contribution in [2.75, 3.05) is 13.1 Å². The van der Waals surface area contributed by atoms with Gasteiger partial charge in [-0.25, -0.2) is 0 Å². The van der Waals surface area contributed by atoms with E-state index >= 15 is 0 Å². The largest absolute Gasteiger partial charge is 2.00 e. The molecule has 0 heterocycles. The molecule has 2 N–H and O–H groups in total. The summed E-state index contributed by atoms with van der Waals surface area (Å²) in [5, 5.41) is 25.4. The SMILES string of the molecule is CCCCCCCCCCCC(=O)NCCC(=O)[O-].CCCCCCCCCCCC(=O)NCCC(=O)[O-].[Zn+2]. The number of unbranched alkanes of at least 4 members (excludes halogenated alkanes) is 16. The molecule has 0 aliphatic rings. The predicted molar refractivity (Wildman–Crippen MR) is 149 cm³/mol. The first-order chi connectivity index (χ1) is 18.3. The van der Waals surface area contributed by atoms with Gasteiger partial charge in [0.1, 0.15) is 0 Å². The first-order valence-electron chi connectivity index (χ1n) is 15.3. The summed E-state index contributed by atoms with van der Waals surface area (Å²) >= 11 is 0. The van der Waals surface area contributed by atoms with Crippen molar-refractivity contribution in [3.05, 3.63) is 0 Å². The molecule has 0 saturated carbocycles. The number of rotatable bonds is 26. The summed E-state index contributed by atoms with van der Waals surface area (Å²) in [5.41, 5.74) is 0. The summed E-state index contributed by atoms with van der Waals surface area (Å²) in [7, 11) is 0. The Labute approximate surface area is 251 Å². The molecule has 0 radical (unpaired) electrons. The normalized spacial score (nSPS) is 10.1. The quantitative estimate of drug-likeness (QED) is 0.111. The van der Waals surface area contributed by atoms with Crippen LogP contribution in [0.15, 0.2) is 0 Å². The summed E-state index contributed by atoms with van der Waals surface area (Å²) in [6.07, 6.45) is 22.9. The van der Waals surface area contributed by atoms with Crippen LogP contribution in [0.2, 0.25) is 0 Å². The molecule has 0 spiro atoms. The Morgan fingerprint density at radius 1 is 0.436 bits per heavy atom. The van der Waals surface area contributed by atoms with Crippen molar-refractivity contribution in [3.8, 4) is 0 Å². The van der Waals surface area contributed by atoms with Crippen LogP contribution >= 0.6 is 0 Å². The topological polar surface area (TPSA) is 138 Å². The van der Waals surface area contributed by atoms with E-state index in [0.717, 1.165) is 25.7 Å². The maximum Gasteiger partial charge on any atom is 2.00 e. The molecule has 0 aliphatic heterocycles. The van der Waals surface area contributed by atoms with Crippen LogP contribution < -0.4 is 20.8 Å². The summed E-state index contributed by atoms with van der Waals surface area (Å²) in [5.74, 6) is -2.35. The number of carbonyl (C=O) groups is 4. The third-order valence-electron chi connectivity index (χ3n) is 6.32. The summed E-state index contributed by atoms with van der Waals surface area (Å²) in [4.78, 5) is 42.9. The van der Waals surface area contributed by atoms with E-state index in [9.17, 15) is 29.4 Å². The van der Waals surface area contributed by atoms with Crippen molar-refractivity contribution in [2.24, 2.45) is 0 Å². The molecule has 0 fully saturated rings. The van der Waals surface area contributed by atoms with Crippen LogP contribution in [0.5, 0.6) is 0 Å². The summed E-state index contributed by atoms with van der Waals surface area (Å²) in [6.45, 7) is 4.80. The number of aliphatic carboxylic acids is 2. The minimum Gasteiger partial charge on any atom is -0.550 e. The second kappa shape index (κ2) is 34.5. The van der Waals surface area contributed by atoms with Crippen LogP contribution in [0.3, 0.4) is 0 Å². The zero-order valence-corrected chi connectivity index (χ0v) is 28.1. The second-order valence-electron chi connectivity index (χ2n) is 10.1. The molecule has 0 saturated heterocycles. The van der Waals surface area contributed by atoms with Crippen molar-refractivity contribution < 1.29 is 48.9 Å². The van der Waals surface area contributed by atoms with Gasteiger partial charge in [-0.2, -0.15) is 0 Å². The van der Waals surface area contributed by atoms with E-state index in [4.69, 9.17) is 0 Å². The first-order valence-corrected chi connectivity index (χ1v) is 15.3. The van der Waals surface area contributed by atoms with Gasteiger partial charge in [0.05, 0.1) is 0 Å². The zero-order chi connectivity index (χ0) is 28.7. The molecule has 8 nitrogen and oxygen atoms in total. The summed E-state index contributed by atoms with van der Waals surface area (Å²) < 4.78 is 0. The van der Waals surface area contributed by atoms with E-state index in [2.05, 4.69) is 24.5 Å². The third kappa shape index (κ3) is 41.1. The molecular formula is C30H56N2O6Zn. The Hall–Kier alpha value is -1.50. The maximum absolute atomic E-state index is 11.3. The number of hydrogen-bond donors (Lipinski definition) is 2. The van der Waals surface area contributed by atoms with Crippen molar-refractivity contribution in [1.29, 1.82) is 0 Å². The zero-order valence-electron chi connectivity index (χ0n) is 25.1. The van der Waals surface area contributed by atoms with E-state index in [-0.39, 0.29) is 57.2 Å². The van der Waals surface area contributed by atoms with Gasteiger partial charge in [0, 0.05) is 50.7 Å². The Balaban J connectivity index is -0.000000648. The number of carboxylic acid groups (broad SMARTS) is 2. The predicted octanol–water partition coefficient (Wildman–Crippen LogP) is 4.32. The number of amides is 2. The van der Waals surface area contributed by atoms with Gasteiger partial charge in [0.15, 0.2) is 0 Å². The van der Waals surface area contributed by atoms with Gasteiger partial charge in [-0.3, -0.25) is 9.59 Å². The van der Waals surface area contributed by atoms with Crippen LogP contribution in [-0.2, 0) is 38.7 Å². The number of carbonyl (C=O) groups excluding carboxylic acids is 4. The van der Waals surface area contributed by atoms with Crippen LogP contribution in [0.1, 0.15) is 155 Å². The molecule has 0 bridgehead atoms. The molecule has 224 valence electrons. The molecule has 0 aliphatic carbocycles. The molecule has 9 heteroatoms. The van der Waals surface area contributed by atoms with Crippen molar-refractivity contribution in [3.63, 3.8) is 0 Å². The average molecular weight is 606 g/mol.